The van der Waals surface area contributed by atoms with Crippen molar-refractivity contribution in [2.75, 3.05) is 6.61 Å². The molecule has 138 valence electrons. The summed E-state index contributed by atoms with van der Waals surface area (Å²) in [5.41, 5.74) is 1.04. The Morgan fingerprint density at radius 3 is 1.71 bits per heavy atom. The molecule has 0 saturated heterocycles. The molecule has 0 bridgehead atoms. The van der Waals surface area contributed by atoms with Crippen molar-refractivity contribution in [3.05, 3.63) is 29.8 Å². The van der Waals surface area contributed by atoms with Crippen molar-refractivity contribution in [1.82, 2.24) is 0 Å². The number of aryl methyl sites for hydroxylation is 1. The van der Waals surface area contributed by atoms with Crippen LogP contribution in [0.3, 0.4) is 0 Å². The minimum Gasteiger partial charge on any atom is -0.266 e. The smallest absolute Gasteiger partial charge is 0.266 e. The van der Waals surface area contributed by atoms with E-state index in [1.807, 2.05) is 6.92 Å². The topological polar surface area (TPSA) is 43.4 Å². The highest BCUT2D eigenvalue weighted by Crippen LogP contribution is 2.15. The van der Waals surface area contributed by atoms with Gasteiger partial charge >= 0.3 is 0 Å². The zero-order chi connectivity index (χ0) is 17.7. The Balaban J connectivity index is 2.01. The molecule has 0 saturated carbocycles. The van der Waals surface area contributed by atoms with Crippen molar-refractivity contribution >= 4 is 10.1 Å². The highest BCUT2D eigenvalue weighted by atomic mass is 32.2. The van der Waals surface area contributed by atoms with Crippen LogP contribution >= 0.6 is 0 Å². The van der Waals surface area contributed by atoms with Crippen LogP contribution in [0, 0.1) is 6.92 Å². The van der Waals surface area contributed by atoms with Crippen LogP contribution in [0.5, 0.6) is 0 Å². The fourth-order valence-electron chi connectivity index (χ4n) is 2.71. The normalized spacial score (nSPS) is 11.8. The number of hydrogen-bond acceptors (Lipinski definition) is 3. The first-order valence-electron chi connectivity index (χ1n) is 9.52. The Morgan fingerprint density at radius 2 is 1.21 bits per heavy atom. The van der Waals surface area contributed by atoms with Gasteiger partial charge in [0.2, 0.25) is 0 Å². The van der Waals surface area contributed by atoms with E-state index >= 15 is 0 Å². The van der Waals surface area contributed by atoms with Gasteiger partial charge in [-0.1, -0.05) is 88.8 Å². The summed E-state index contributed by atoms with van der Waals surface area (Å²) in [5.74, 6) is 0. The van der Waals surface area contributed by atoms with Crippen molar-refractivity contribution in [3.63, 3.8) is 0 Å². The number of rotatable bonds is 14. The van der Waals surface area contributed by atoms with Crippen molar-refractivity contribution in [2.24, 2.45) is 0 Å². The summed E-state index contributed by atoms with van der Waals surface area (Å²) in [4.78, 5) is 0.246. The maximum Gasteiger partial charge on any atom is 0.296 e. The molecule has 0 radical (unpaired) electrons. The van der Waals surface area contributed by atoms with Gasteiger partial charge in [-0.15, -0.1) is 0 Å². The lowest BCUT2D eigenvalue weighted by molar-refractivity contribution is 0.306. The lowest BCUT2D eigenvalue weighted by Crippen LogP contribution is -2.07. The summed E-state index contributed by atoms with van der Waals surface area (Å²) in [6.45, 7) is 4.46. The molecule has 1 aromatic rings. The van der Waals surface area contributed by atoms with E-state index in [1.165, 1.54) is 57.8 Å². The molecule has 0 atom stereocenters. The second-order valence-corrected chi connectivity index (χ2v) is 8.24. The van der Waals surface area contributed by atoms with E-state index in [9.17, 15) is 8.42 Å². The molecule has 0 aliphatic heterocycles. The average molecular weight is 355 g/mol. The Labute approximate surface area is 148 Å². The largest absolute Gasteiger partial charge is 0.296 e. The van der Waals surface area contributed by atoms with Gasteiger partial charge in [0, 0.05) is 0 Å². The fraction of sp³-hybridized carbons (Fsp3) is 0.700. The van der Waals surface area contributed by atoms with Crippen molar-refractivity contribution in [1.29, 1.82) is 0 Å². The second kappa shape index (κ2) is 12.5. The molecule has 1 rings (SSSR count). The maximum absolute atomic E-state index is 12.0. The second-order valence-electron chi connectivity index (χ2n) is 6.62. The van der Waals surface area contributed by atoms with Gasteiger partial charge in [0.25, 0.3) is 10.1 Å². The standard InChI is InChI=1S/C20H34O3S/c1-3-4-5-6-7-8-9-10-11-12-13-18-23-24(21,22)20-16-14-19(2)15-17-20/h14-17H,3-13,18H2,1-2H3. The van der Waals surface area contributed by atoms with Crippen LogP contribution in [-0.4, -0.2) is 15.0 Å². The SMILES string of the molecule is CCCCCCCCCCCCCOS(=O)(=O)c1ccc(C)cc1. The number of benzene rings is 1. The maximum atomic E-state index is 12.0. The summed E-state index contributed by atoms with van der Waals surface area (Å²) in [7, 11) is -3.59. The first kappa shape index (κ1) is 21.2. The Morgan fingerprint density at radius 1 is 0.750 bits per heavy atom. The van der Waals surface area contributed by atoms with Crippen LogP contribution in [-0.2, 0) is 14.3 Å². The summed E-state index contributed by atoms with van der Waals surface area (Å²) in [5, 5.41) is 0. The van der Waals surface area contributed by atoms with Crippen LogP contribution in [0.4, 0.5) is 0 Å². The van der Waals surface area contributed by atoms with Gasteiger partial charge in [0.05, 0.1) is 11.5 Å². The van der Waals surface area contributed by atoms with Crippen molar-refractivity contribution < 1.29 is 12.6 Å². The van der Waals surface area contributed by atoms with Gasteiger partial charge in [-0.25, -0.2) is 0 Å². The van der Waals surface area contributed by atoms with Gasteiger partial charge < -0.3 is 0 Å². The van der Waals surface area contributed by atoms with Gasteiger partial charge in [-0.05, 0) is 25.5 Å². The summed E-state index contributed by atoms with van der Waals surface area (Å²) >= 11 is 0. The molecule has 0 heterocycles. The molecular weight excluding hydrogens is 320 g/mol. The molecule has 0 aliphatic carbocycles. The van der Waals surface area contributed by atoms with E-state index in [-0.39, 0.29) is 11.5 Å². The van der Waals surface area contributed by atoms with E-state index in [2.05, 4.69) is 6.92 Å². The number of hydrogen-bond donors (Lipinski definition) is 0. The summed E-state index contributed by atoms with van der Waals surface area (Å²) in [6.07, 6.45) is 13.7. The lowest BCUT2D eigenvalue weighted by Gasteiger charge is -2.06. The van der Waals surface area contributed by atoms with Gasteiger partial charge in [0.15, 0.2) is 0 Å². The summed E-state index contributed by atoms with van der Waals surface area (Å²) < 4.78 is 29.1. The van der Waals surface area contributed by atoms with Gasteiger partial charge in [0.1, 0.15) is 0 Å². The van der Waals surface area contributed by atoms with E-state index in [4.69, 9.17) is 4.18 Å². The first-order chi connectivity index (χ1) is 11.6. The minimum atomic E-state index is -3.59. The Bertz CT molecular complexity index is 520. The predicted molar refractivity (Wildman–Crippen MR) is 101 cm³/mol. The third-order valence-corrected chi connectivity index (χ3v) is 5.62. The molecule has 0 unspecified atom stereocenters. The van der Waals surface area contributed by atoms with Crippen LogP contribution in [0.25, 0.3) is 0 Å². The van der Waals surface area contributed by atoms with E-state index in [0.717, 1.165) is 18.4 Å². The van der Waals surface area contributed by atoms with Gasteiger partial charge in [-0.3, -0.25) is 4.18 Å². The molecule has 1 aromatic carbocycles. The Kier molecular flexibility index (Phi) is 11.0. The van der Waals surface area contributed by atoms with E-state index in [0.29, 0.717) is 0 Å². The monoisotopic (exact) mass is 354 g/mol. The predicted octanol–water partition coefficient (Wildman–Crippen LogP) is 6.01. The third kappa shape index (κ3) is 9.43. The van der Waals surface area contributed by atoms with Crippen molar-refractivity contribution in [2.45, 2.75) is 89.4 Å². The minimum absolute atomic E-state index is 0.246. The fourth-order valence-corrected chi connectivity index (χ4v) is 3.65. The lowest BCUT2D eigenvalue weighted by atomic mass is 10.1. The molecule has 0 aromatic heterocycles. The zero-order valence-corrected chi connectivity index (χ0v) is 16.2. The van der Waals surface area contributed by atoms with E-state index in [1.54, 1.807) is 24.3 Å². The molecule has 0 aliphatic rings. The first-order valence-corrected chi connectivity index (χ1v) is 10.9. The van der Waals surface area contributed by atoms with Crippen LogP contribution in [0.1, 0.15) is 83.1 Å². The molecule has 0 N–H and O–H groups in total. The zero-order valence-electron chi connectivity index (χ0n) is 15.4. The average Bonchev–Trinajstić information content (AvgIpc) is 2.56. The molecule has 0 spiro atoms. The highest BCUT2D eigenvalue weighted by molar-refractivity contribution is 7.86. The van der Waals surface area contributed by atoms with Crippen LogP contribution in [0.2, 0.25) is 0 Å². The van der Waals surface area contributed by atoms with Gasteiger partial charge in [-0.2, -0.15) is 8.42 Å². The van der Waals surface area contributed by atoms with Crippen LogP contribution in [0.15, 0.2) is 29.2 Å². The highest BCUT2D eigenvalue weighted by Gasteiger charge is 2.14. The molecular formula is C20H34O3S. The quantitative estimate of drug-likeness (QED) is 0.303. The molecule has 24 heavy (non-hydrogen) atoms. The molecule has 3 nitrogen and oxygen atoms in total. The third-order valence-electron chi connectivity index (χ3n) is 4.30. The number of unbranched alkanes of at least 4 members (excludes halogenated alkanes) is 10. The summed E-state index contributed by atoms with van der Waals surface area (Å²) in [6, 6.07) is 6.79. The molecule has 4 heteroatoms. The van der Waals surface area contributed by atoms with E-state index < -0.39 is 10.1 Å². The molecule has 0 amide bonds. The Hall–Kier alpha value is -0.870. The van der Waals surface area contributed by atoms with Crippen LogP contribution < -0.4 is 0 Å². The van der Waals surface area contributed by atoms with Crippen molar-refractivity contribution in [3.8, 4) is 0 Å². The molecule has 0 fully saturated rings.